The summed E-state index contributed by atoms with van der Waals surface area (Å²) < 4.78 is 48.3. The monoisotopic (exact) mass is 868 g/mol. The molecule has 6 heterocycles. The van der Waals surface area contributed by atoms with Crippen LogP contribution in [0, 0.1) is 36.8 Å². The molecule has 0 radical (unpaired) electrons. The SMILES string of the molecule is CNc1ccc(-n2ccn(-c3c4c(nn3-c3cc(C)c(F)c(C)c3)CCN(C(=O)c3cc5cc([C@@H]6CCOC7(CC7)C6)ccc5n3[C@]3(c5noc(=O)[nH]5)C[C@@H]3C)C4)c2=O)c(F)c1C=N. The molecule has 64 heavy (non-hydrogen) atoms. The maximum absolute atomic E-state index is 16.0. The maximum Gasteiger partial charge on any atom is 0.438 e. The van der Waals surface area contributed by atoms with Gasteiger partial charge in [0.2, 0.25) is 0 Å². The third-order valence-electron chi connectivity index (χ3n) is 14.1. The zero-order valence-electron chi connectivity index (χ0n) is 35.8. The molecule has 1 saturated heterocycles. The molecule has 1 spiro atoms. The van der Waals surface area contributed by atoms with Crippen molar-refractivity contribution in [3.8, 4) is 17.2 Å². The van der Waals surface area contributed by atoms with E-state index in [1.54, 1.807) is 48.7 Å². The first-order valence-electron chi connectivity index (χ1n) is 21.7. The highest BCUT2D eigenvalue weighted by Crippen LogP contribution is 2.56. The molecule has 3 N–H and O–H groups in total. The van der Waals surface area contributed by atoms with Crippen LogP contribution in [-0.2, 0) is 23.2 Å². The summed E-state index contributed by atoms with van der Waals surface area (Å²) in [5.74, 6) is -1.04. The highest BCUT2D eigenvalue weighted by Gasteiger charge is 2.59. The average Bonchev–Trinajstić information content (AvgIpc) is 3.83. The van der Waals surface area contributed by atoms with Gasteiger partial charge >= 0.3 is 11.4 Å². The summed E-state index contributed by atoms with van der Waals surface area (Å²) in [6, 6.07) is 14.7. The predicted molar refractivity (Wildman–Crippen MR) is 234 cm³/mol. The van der Waals surface area contributed by atoms with Crippen LogP contribution in [0.25, 0.3) is 28.1 Å². The van der Waals surface area contributed by atoms with E-state index in [2.05, 4.69) is 40.6 Å². The normalized spacial score (nSPS) is 21.1. The maximum atomic E-state index is 16.0. The molecule has 3 atom stereocenters. The van der Waals surface area contributed by atoms with E-state index >= 15 is 13.6 Å². The lowest BCUT2D eigenvalue weighted by molar-refractivity contribution is -0.0132. The first-order valence-corrected chi connectivity index (χ1v) is 21.7. The molecule has 11 rings (SSSR count). The lowest BCUT2D eigenvalue weighted by atomic mass is 9.87. The number of hydrogen-bond acceptors (Lipinski definition) is 9. The van der Waals surface area contributed by atoms with E-state index in [9.17, 15) is 9.59 Å². The number of halogens is 2. The molecule has 15 nitrogen and oxygen atoms in total. The second-order valence-electron chi connectivity index (χ2n) is 18.0. The van der Waals surface area contributed by atoms with Crippen LogP contribution in [-0.4, -0.2) is 76.4 Å². The smallest absolute Gasteiger partial charge is 0.388 e. The number of nitrogens with one attached hydrogen (secondary N) is 3. The molecular weight excluding hydrogens is 823 g/mol. The summed E-state index contributed by atoms with van der Waals surface area (Å²) in [5.41, 5.74) is 3.83. The van der Waals surface area contributed by atoms with E-state index in [0.29, 0.717) is 83.0 Å². The van der Waals surface area contributed by atoms with Gasteiger partial charge in [-0.15, -0.1) is 0 Å². The molecule has 2 saturated carbocycles. The summed E-state index contributed by atoms with van der Waals surface area (Å²) in [4.78, 5) is 46.8. The summed E-state index contributed by atoms with van der Waals surface area (Å²) in [6.45, 7) is 6.45. The van der Waals surface area contributed by atoms with Gasteiger partial charge in [0.25, 0.3) is 5.91 Å². The number of fused-ring (bicyclic) bond motifs is 2. The number of amides is 1. The van der Waals surface area contributed by atoms with Gasteiger partial charge in [-0.1, -0.05) is 18.1 Å². The molecule has 17 heteroatoms. The number of imidazole rings is 1. The Labute approximate surface area is 364 Å². The van der Waals surface area contributed by atoms with Gasteiger partial charge in [0, 0.05) is 67.4 Å². The molecule has 2 aliphatic carbocycles. The van der Waals surface area contributed by atoms with E-state index in [1.165, 1.54) is 33.2 Å². The van der Waals surface area contributed by atoms with Crippen molar-refractivity contribution in [1.29, 1.82) is 5.41 Å². The third kappa shape index (κ3) is 5.99. The largest absolute Gasteiger partial charge is 0.438 e. The number of nitrogens with zero attached hydrogens (tertiary/aromatic N) is 7. The summed E-state index contributed by atoms with van der Waals surface area (Å²) in [7, 11) is 1.62. The molecule has 4 aromatic heterocycles. The van der Waals surface area contributed by atoms with Crippen molar-refractivity contribution in [2.24, 2.45) is 5.92 Å². The van der Waals surface area contributed by atoms with Crippen molar-refractivity contribution in [1.82, 2.24) is 38.5 Å². The molecular formula is C47H46F2N10O5. The average molecular weight is 869 g/mol. The van der Waals surface area contributed by atoms with Crippen LogP contribution >= 0.6 is 0 Å². The topological polar surface area (TPSA) is 174 Å². The zero-order valence-corrected chi connectivity index (χ0v) is 35.8. The van der Waals surface area contributed by atoms with Crippen molar-refractivity contribution in [2.45, 2.75) is 82.9 Å². The van der Waals surface area contributed by atoms with Gasteiger partial charge in [0.05, 0.1) is 34.8 Å². The summed E-state index contributed by atoms with van der Waals surface area (Å²) >= 11 is 0. The molecule has 4 aliphatic rings. The van der Waals surface area contributed by atoms with Gasteiger partial charge in [0.1, 0.15) is 22.9 Å². The van der Waals surface area contributed by atoms with Crippen LogP contribution in [0.15, 0.2) is 75.0 Å². The predicted octanol–water partition coefficient (Wildman–Crippen LogP) is 6.79. The van der Waals surface area contributed by atoms with Crippen molar-refractivity contribution >= 4 is 28.7 Å². The molecule has 328 valence electrons. The van der Waals surface area contributed by atoms with Gasteiger partial charge in [-0.25, -0.2) is 23.1 Å². The molecule has 3 aromatic carbocycles. The van der Waals surface area contributed by atoms with Crippen LogP contribution in [0.2, 0.25) is 0 Å². The van der Waals surface area contributed by atoms with Crippen molar-refractivity contribution in [2.75, 3.05) is 25.5 Å². The quantitative estimate of drug-likeness (QED) is 0.133. The van der Waals surface area contributed by atoms with E-state index in [1.807, 2.05) is 10.6 Å². The summed E-state index contributed by atoms with van der Waals surface area (Å²) in [5, 5.41) is 20.8. The molecule has 3 fully saturated rings. The second-order valence-corrected chi connectivity index (χ2v) is 18.0. The number of H-pyrrole nitrogens is 1. The van der Waals surface area contributed by atoms with Crippen LogP contribution in [0.4, 0.5) is 14.5 Å². The van der Waals surface area contributed by atoms with Crippen LogP contribution < -0.4 is 16.8 Å². The lowest BCUT2D eigenvalue weighted by Crippen LogP contribution is -2.39. The Bertz CT molecular complexity index is 3200. The number of carbonyl (C=O) groups excluding carboxylic acids is 1. The van der Waals surface area contributed by atoms with Crippen molar-refractivity contribution in [3.05, 3.63) is 139 Å². The minimum atomic E-state index is -0.846. The molecule has 1 amide bonds. The van der Waals surface area contributed by atoms with Gasteiger partial charge in [-0.2, -0.15) is 5.10 Å². The molecule has 7 aromatic rings. The second kappa shape index (κ2) is 14.3. The van der Waals surface area contributed by atoms with Gasteiger partial charge < -0.3 is 24.9 Å². The zero-order chi connectivity index (χ0) is 44.4. The Morgan fingerprint density at radius 2 is 1.78 bits per heavy atom. The Hall–Kier alpha value is -6.88. The fourth-order valence-corrected chi connectivity index (χ4v) is 10.5. The van der Waals surface area contributed by atoms with Crippen LogP contribution in [0.1, 0.15) is 94.8 Å². The Kier molecular flexibility index (Phi) is 8.93. The number of aromatic amines is 1. The van der Waals surface area contributed by atoms with Gasteiger partial charge in [0.15, 0.2) is 11.6 Å². The van der Waals surface area contributed by atoms with Gasteiger partial charge in [-0.05, 0) is 117 Å². The molecule has 0 bridgehead atoms. The fraction of sp³-hybridized carbons (Fsp3) is 0.362. The number of ether oxygens (including phenoxy) is 1. The van der Waals surface area contributed by atoms with Crippen LogP contribution in [0.5, 0.6) is 0 Å². The number of benzene rings is 3. The standard InChI is InChI=1S/C47H46F2N10O5/c1-25-17-31(18-26(2)39(25)48)59-41(57-15-14-56(45(57)62)37-8-6-34(51-4)32(23-50)40(37)49)33-24-55(13-9-35(33)53-59)42(60)38-20-30-19-28(29-10-16-63-46(22-29)11-12-46)5-7-36(30)58(38)47(21-27(47)3)43-52-44(61)64-54-43/h5-8,14-15,17-20,23,27,29,50-51H,9-13,16,21-22,24H2,1-4H3,(H,52,54,61)/t27-,29+,47+/m0/s1. The van der Waals surface area contributed by atoms with E-state index in [-0.39, 0.29) is 41.0 Å². The Balaban J connectivity index is 1.04. The van der Waals surface area contributed by atoms with Crippen molar-refractivity contribution < 1.29 is 22.8 Å². The highest BCUT2D eigenvalue weighted by molar-refractivity contribution is 5.99. The first kappa shape index (κ1) is 39.9. The highest BCUT2D eigenvalue weighted by atomic mass is 19.1. The minimum absolute atomic E-state index is 0.00496. The number of aryl methyl sites for hydroxylation is 2. The summed E-state index contributed by atoms with van der Waals surface area (Å²) in [6.07, 6.45) is 8.85. The Morgan fingerprint density at radius 3 is 2.47 bits per heavy atom. The van der Waals surface area contributed by atoms with Crippen LogP contribution in [0.3, 0.4) is 0 Å². The third-order valence-corrected chi connectivity index (χ3v) is 14.1. The Morgan fingerprint density at radius 1 is 1.02 bits per heavy atom. The van der Waals surface area contributed by atoms with E-state index in [4.69, 9.17) is 19.8 Å². The van der Waals surface area contributed by atoms with E-state index in [0.717, 1.165) is 42.8 Å². The number of carbonyl (C=O) groups is 1. The fourth-order valence-electron chi connectivity index (χ4n) is 10.5. The number of rotatable bonds is 9. The van der Waals surface area contributed by atoms with Crippen molar-refractivity contribution in [3.63, 3.8) is 0 Å². The lowest BCUT2D eigenvalue weighted by Gasteiger charge is -2.30. The first-order chi connectivity index (χ1) is 30.8. The number of aromatic nitrogens is 7. The molecule has 0 unspecified atom stereocenters. The van der Waals surface area contributed by atoms with E-state index < -0.39 is 22.8 Å². The van der Waals surface area contributed by atoms with Gasteiger partial charge in [-0.3, -0.25) is 23.4 Å². The number of anilines is 1. The number of hydrogen-bond donors (Lipinski definition) is 3. The minimum Gasteiger partial charge on any atom is -0.388 e. The molecule has 2 aliphatic heterocycles.